The lowest BCUT2D eigenvalue weighted by Gasteiger charge is -2.31. The minimum Gasteiger partial charge on any atom is -0.301 e. The van der Waals surface area contributed by atoms with Crippen LogP contribution in [0.5, 0.6) is 0 Å². The van der Waals surface area contributed by atoms with Gasteiger partial charge in [0.1, 0.15) is 0 Å². The Balaban J connectivity index is 2.55. The van der Waals surface area contributed by atoms with Crippen LogP contribution in [0.1, 0.15) is 41.5 Å². The summed E-state index contributed by atoms with van der Waals surface area (Å²) in [6, 6.07) is 0.668. The molecule has 0 aromatic carbocycles. The van der Waals surface area contributed by atoms with E-state index in [2.05, 4.69) is 58.6 Å². The standard InChI is InChI=1S/C11H23NS/c1-10(2,3)8-7-13-9(12-8)11(4,5)6/h8-9,12H,7H2,1-6H3. The molecule has 0 radical (unpaired) electrons. The summed E-state index contributed by atoms with van der Waals surface area (Å²) in [5, 5.41) is 4.36. The first-order valence-electron chi connectivity index (χ1n) is 5.09. The van der Waals surface area contributed by atoms with Gasteiger partial charge in [0.15, 0.2) is 0 Å². The topological polar surface area (TPSA) is 12.0 Å². The molecule has 1 aliphatic heterocycles. The van der Waals surface area contributed by atoms with Crippen molar-refractivity contribution in [3.05, 3.63) is 0 Å². The van der Waals surface area contributed by atoms with Crippen molar-refractivity contribution in [1.29, 1.82) is 0 Å². The van der Waals surface area contributed by atoms with Gasteiger partial charge in [-0.15, -0.1) is 11.8 Å². The fraction of sp³-hybridized carbons (Fsp3) is 1.00. The van der Waals surface area contributed by atoms with Crippen molar-refractivity contribution in [1.82, 2.24) is 5.32 Å². The maximum Gasteiger partial charge on any atom is 0.0584 e. The maximum atomic E-state index is 3.73. The SMILES string of the molecule is CC(C)(C)C1CSC(C(C)(C)C)N1. The lowest BCUT2D eigenvalue weighted by molar-refractivity contribution is 0.257. The Labute approximate surface area is 87.1 Å². The molecule has 1 N–H and O–H groups in total. The van der Waals surface area contributed by atoms with E-state index in [4.69, 9.17) is 0 Å². The zero-order chi connectivity index (χ0) is 10.3. The number of rotatable bonds is 0. The van der Waals surface area contributed by atoms with Gasteiger partial charge in [-0.25, -0.2) is 0 Å². The third-order valence-corrected chi connectivity index (χ3v) is 4.32. The van der Waals surface area contributed by atoms with Gasteiger partial charge in [0.2, 0.25) is 0 Å². The molecule has 1 aliphatic rings. The molecule has 1 rings (SSSR count). The van der Waals surface area contributed by atoms with Gasteiger partial charge >= 0.3 is 0 Å². The van der Waals surface area contributed by atoms with Crippen molar-refractivity contribution >= 4 is 11.8 Å². The van der Waals surface area contributed by atoms with E-state index in [-0.39, 0.29) is 0 Å². The van der Waals surface area contributed by atoms with Gasteiger partial charge in [-0.3, -0.25) is 0 Å². The van der Waals surface area contributed by atoms with Crippen LogP contribution in [0.15, 0.2) is 0 Å². The van der Waals surface area contributed by atoms with Crippen LogP contribution in [-0.4, -0.2) is 17.2 Å². The third-order valence-electron chi connectivity index (χ3n) is 2.61. The van der Waals surface area contributed by atoms with Crippen LogP contribution >= 0.6 is 11.8 Å². The largest absolute Gasteiger partial charge is 0.301 e. The summed E-state index contributed by atoms with van der Waals surface area (Å²) < 4.78 is 0. The second kappa shape index (κ2) is 3.47. The molecule has 1 fully saturated rings. The van der Waals surface area contributed by atoms with E-state index in [1.165, 1.54) is 5.75 Å². The molecule has 0 aromatic rings. The summed E-state index contributed by atoms with van der Waals surface area (Å²) in [6.45, 7) is 13.9. The quantitative estimate of drug-likeness (QED) is 0.646. The van der Waals surface area contributed by atoms with Gasteiger partial charge in [0.05, 0.1) is 5.37 Å². The summed E-state index contributed by atoms with van der Waals surface area (Å²) >= 11 is 2.07. The van der Waals surface area contributed by atoms with Crippen LogP contribution in [0.25, 0.3) is 0 Å². The number of thioether (sulfide) groups is 1. The van der Waals surface area contributed by atoms with E-state index in [0.717, 1.165) is 0 Å². The molecule has 1 heterocycles. The Hall–Kier alpha value is 0.310. The highest BCUT2D eigenvalue weighted by Crippen LogP contribution is 2.37. The summed E-state index contributed by atoms with van der Waals surface area (Å²) in [5.41, 5.74) is 0.775. The average Bonchev–Trinajstić information content (AvgIpc) is 2.28. The molecule has 1 nitrogen and oxygen atoms in total. The van der Waals surface area contributed by atoms with Gasteiger partial charge in [-0.2, -0.15) is 0 Å². The van der Waals surface area contributed by atoms with E-state index < -0.39 is 0 Å². The van der Waals surface area contributed by atoms with Crippen molar-refractivity contribution in [3.63, 3.8) is 0 Å². The molecule has 2 heteroatoms. The smallest absolute Gasteiger partial charge is 0.0584 e. The van der Waals surface area contributed by atoms with E-state index in [1.54, 1.807) is 0 Å². The average molecular weight is 201 g/mol. The number of hydrogen-bond acceptors (Lipinski definition) is 2. The van der Waals surface area contributed by atoms with Gasteiger partial charge in [0, 0.05) is 11.8 Å². The highest BCUT2D eigenvalue weighted by atomic mass is 32.2. The normalized spacial score (nSPS) is 30.9. The van der Waals surface area contributed by atoms with Crippen molar-refractivity contribution in [2.45, 2.75) is 53.0 Å². The monoisotopic (exact) mass is 201 g/mol. The fourth-order valence-corrected chi connectivity index (χ4v) is 3.21. The van der Waals surface area contributed by atoms with E-state index in [0.29, 0.717) is 22.2 Å². The highest BCUT2D eigenvalue weighted by Gasteiger charge is 2.37. The fourth-order valence-electron chi connectivity index (χ4n) is 1.47. The van der Waals surface area contributed by atoms with Crippen LogP contribution in [0.3, 0.4) is 0 Å². The molecule has 0 aliphatic carbocycles. The first-order valence-corrected chi connectivity index (χ1v) is 6.14. The molecule has 0 saturated carbocycles. The first kappa shape index (κ1) is 11.4. The molecular formula is C11H23NS. The summed E-state index contributed by atoms with van der Waals surface area (Å²) in [4.78, 5) is 0. The second-order valence-electron chi connectivity index (χ2n) is 6.16. The number of hydrogen-bond donors (Lipinski definition) is 1. The Morgan fingerprint density at radius 2 is 1.54 bits per heavy atom. The third kappa shape index (κ3) is 2.88. The minimum atomic E-state index is 0.380. The van der Waals surface area contributed by atoms with Crippen LogP contribution in [0.2, 0.25) is 0 Å². The number of nitrogens with one attached hydrogen (secondary N) is 1. The molecule has 1 saturated heterocycles. The molecule has 0 aromatic heterocycles. The van der Waals surface area contributed by atoms with E-state index in [1.807, 2.05) is 0 Å². The lowest BCUT2D eigenvalue weighted by atomic mass is 9.87. The summed E-state index contributed by atoms with van der Waals surface area (Å²) in [7, 11) is 0. The Kier molecular flexibility index (Phi) is 3.04. The predicted octanol–water partition coefficient (Wildman–Crippen LogP) is 3.11. The molecule has 0 spiro atoms. The Bertz CT molecular complexity index is 156. The summed E-state index contributed by atoms with van der Waals surface area (Å²) in [6.07, 6.45) is 0. The van der Waals surface area contributed by atoms with Gasteiger partial charge in [0.25, 0.3) is 0 Å². The maximum absolute atomic E-state index is 3.73. The predicted molar refractivity (Wildman–Crippen MR) is 62.1 cm³/mol. The Morgan fingerprint density at radius 3 is 1.77 bits per heavy atom. The van der Waals surface area contributed by atoms with Crippen LogP contribution in [-0.2, 0) is 0 Å². The Morgan fingerprint density at radius 1 is 1.00 bits per heavy atom. The second-order valence-corrected chi connectivity index (χ2v) is 7.30. The zero-order valence-electron chi connectivity index (χ0n) is 9.77. The lowest BCUT2D eigenvalue weighted by Crippen LogP contribution is -2.44. The van der Waals surface area contributed by atoms with Crippen molar-refractivity contribution < 1.29 is 0 Å². The van der Waals surface area contributed by atoms with Crippen molar-refractivity contribution in [2.24, 2.45) is 10.8 Å². The minimum absolute atomic E-state index is 0.380. The summed E-state index contributed by atoms with van der Waals surface area (Å²) in [5.74, 6) is 1.26. The molecule has 2 atom stereocenters. The zero-order valence-corrected chi connectivity index (χ0v) is 10.6. The van der Waals surface area contributed by atoms with Crippen LogP contribution in [0.4, 0.5) is 0 Å². The van der Waals surface area contributed by atoms with Gasteiger partial charge in [-0.1, -0.05) is 41.5 Å². The van der Waals surface area contributed by atoms with Gasteiger partial charge in [-0.05, 0) is 10.8 Å². The molecule has 0 amide bonds. The molecule has 2 unspecified atom stereocenters. The van der Waals surface area contributed by atoms with E-state index in [9.17, 15) is 0 Å². The molecule has 78 valence electrons. The molecule has 13 heavy (non-hydrogen) atoms. The first-order chi connectivity index (χ1) is 5.71. The molecule has 0 bridgehead atoms. The van der Waals surface area contributed by atoms with Crippen molar-refractivity contribution in [2.75, 3.05) is 5.75 Å². The van der Waals surface area contributed by atoms with Gasteiger partial charge < -0.3 is 5.32 Å². The van der Waals surface area contributed by atoms with Crippen LogP contribution < -0.4 is 5.32 Å². The highest BCUT2D eigenvalue weighted by molar-refractivity contribution is 8.00. The molecular weight excluding hydrogens is 178 g/mol. The van der Waals surface area contributed by atoms with Crippen molar-refractivity contribution in [3.8, 4) is 0 Å². The van der Waals surface area contributed by atoms with E-state index >= 15 is 0 Å². The van der Waals surface area contributed by atoms with Crippen LogP contribution in [0, 0.1) is 10.8 Å².